The van der Waals surface area contributed by atoms with Crippen molar-refractivity contribution in [3.63, 3.8) is 0 Å². The fourth-order valence-electron chi connectivity index (χ4n) is 2.81. The number of carbonyl (C=O) groups excluding carboxylic acids is 2. The van der Waals surface area contributed by atoms with Crippen LogP contribution in [-0.4, -0.2) is 18.0 Å². The van der Waals surface area contributed by atoms with Crippen molar-refractivity contribution >= 4 is 11.9 Å². The normalized spacial score (nSPS) is 11.7. The van der Waals surface area contributed by atoms with Crippen LogP contribution in [-0.2, 0) is 9.53 Å². The molecule has 142 valence electrons. The molecule has 0 radical (unpaired) electrons. The minimum absolute atomic E-state index is 0.204. The van der Waals surface area contributed by atoms with Crippen LogP contribution in [0, 0.1) is 5.82 Å². The van der Waals surface area contributed by atoms with Gasteiger partial charge >= 0.3 is 5.97 Å². The van der Waals surface area contributed by atoms with Gasteiger partial charge in [0, 0.05) is 0 Å². The van der Waals surface area contributed by atoms with Crippen molar-refractivity contribution < 1.29 is 18.7 Å². The lowest BCUT2D eigenvalue weighted by Gasteiger charge is -2.22. The number of hydrogen-bond acceptors (Lipinski definition) is 3. The van der Waals surface area contributed by atoms with Gasteiger partial charge in [0.15, 0.2) is 6.10 Å². The SMILES string of the molecule is C[C@H](OC(=O)c1ccccc1F)C(=O)NC(c1ccccc1)c1ccccc1. The number of rotatable bonds is 6. The maximum absolute atomic E-state index is 13.7. The van der Waals surface area contributed by atoms with Crippen LogP contribution in [0.1, 0.15) is 34.5 Å². The number of amides is 1. The predicted molar refractivity (Wildman–Crippen MR) is 104 cm³/mol. The number of carbonyl (C=O) groups is 2. The molecule has 0 aromatic heterocycles. The van der Waals surface area contributed by atoms with E-state index in [-0.39, 0.29) is 5.56 Å². The first-order valence-electron chi connectivity index (χ1n) is 8.92. The van der Waals surface area contributed by atoms with Crippen LogP contribution in [0.4, 0.5) is 4.39 Å². The van der Waals surface area contributed by atoms with E-state index in [0.717, 1.165) is 11.1 Å². The molecule has 1 atom stereocenters. The average molecular weight is 377 g/mol. The molecule has 5 heteroatoms. The van der Waals surface area contributed by atoms with Crippen LogP contribution in [0.2, 0.25) is 0 Å². The van der Waals surface area contributed by atoms with Gasteiger partial charge in [-0.1, -0.05) is 72.8 Å². The van der Waals surface area contributed by atoms with E-state index in [1.807, 2.05) is 60.7 Å². The molecular formula is C23H20FNO3. The van der Waals surface area contributed by atoms with E-state index in [0.29, 0.717) is 0 Å². The Hall–Kier alpha value is -3.47. The minimum atomic E-state index is -1.08. The molecule has 0 saturated heterocycles. The summed E-state index contributed by atoms with van der Waals surface area (Å²) in [6, 6.07) is 24.1. The van der Waals surface area contributed by atoms with Gasteiger partial charge in [0.1, 0.15) is 5.82 Å². The summed E-state index contributed by atoms with van der Waals surface area (Å²) in [6.07, 6.45) is -1.08. The van der Waals surface area contributed by atoms with E-state index in [4.69, 9.17) is 4.74 Å². The largest absolute Gasteiger partial charge is 0.449 e. The zero-order valence-electron chi connectivity index (χ0n) is 15.3. The molecule has 0 heterocycles. The molecule has 3 rings (SSSR count). The fourth-order valence-corrected chi connectivity index (χ4v) is 2.81. The zero-order chi connectivity index (χ0) is 19.9. The molecule has 3 aromatic rings. The second-order valence-electron chi connectivity index (χ2n) is 6.29. The van der Waals surface area contributed by atoms with Gasteiger partial charge in [-0.05, 0) is 30.2 Å². The van der Waals surface area contributed by atoms with E-state index in [1.165, 1.54) is 31.2 Å². The summed E-state index contributed by atoms with van der Waals surface area (Å²) in [5.41, 5.74) is 1.59. The van der Waals surface area contributed by atoms with Crippen molar-refractivity contribution in [3.05, 3.63) is 107 Å². The highest BCUT2D eigenvalue weighted by atomic mass is 19.1. The third-order valence-electron chi connectivity index (χ3n) is 4.30. The number of nitrogens with one attached hydrogen (secondary N) is 1. The minimum Gasteiger partial charge on any atom is -0.449 e. The zero-order valence-corrected chi connectivity index (χ0v) is 15.3. The Morgan fingerprint density at radius 3 is 1.86 bits per heavy atom. The first-order valence-corrected chi connectivity index (χ1v) is 8.92. The Kier molecular flexibility index (Phi) is 6.17. The number of esters is 1. The highest BCUT2D eigenvalue weighted by Crippen LogP contribution is 2.22. The second-order valence-corrected chi connectivity index (χ2v) is 6.29. The molecule has 4 nitrogen and oxygen atoms in total. The van der Waals surface area contributed by atoms with E-state index < -0.39 is 29.8 Å². The summed E-state index contributed by atoms with van der Waals surface area (Å²) < 4.78 is 18.9. The lowest BCUT2D eigenvalue weighted by molar-refractivity contribution is -0.129. The van der Waals surface area contributed by atoms with Crippen LogP contribution in [0.3, 0.4) is 0 Å². The van der Waals surface area contributed by atoms with Crippen molar-refractivity contribution in [2.75, 3.05) is 0 Å². The first kappa shape index (κ1) is 19.3. The monoisotopic (exact) mass is 377 g/mol. The van der Waals surface area contributed by atoms with Gasteiger partial charge in [0.05, 0.1) is 11.6 Å². The molecule has 0 aliphatic carbocycles. The van der Waals surface area contributed by atoms with Crippen LogP contribution in [0.5, 0.6) is 0 Å². The number of halogens is 1. The van der Waals surface area contributed by atoms with Crippen molar-refractivity contribution in [2.45, 2.75) is 19.1 Å². The van der Waals surface area contributed by atoms with Gasteiger partial charge in [-0.2, -0.15) is 0 Å². The molecule has 28 heavy (non-hydrogen) atoms. The molecule has 0 fully saturated rings. The summed E-state index contributed by atoms with van der Waals surface area (Å²) in [6.45, 7) is 1.46. The summed E-state index contributed by atoms with van der Waals surface area (Å²) in [5.74, 6) is -2.04. The lowest BCUT2D eigenvalue weighted by atomic mass is 9.98. The van der Waals surface area contributed by atoms with Crippen molar-refractivity contribution in [3.8, 4) is 0 Å². The Balaban J connectivity index is 1.75. The lowest BCUT2D eigenvalue weighted by Crippen LogP contribution is -2.38. The van der Waals surface area contributed by atoms with E-state index in [2.05, 4.69) is 5.32 Å². The third-order valence-corrected chi connectivity index (χ3v) is 4.30. The molecule has 0 spiro atoms. The molecule has 0 aliphatic rings. The number of hydrogen-bond donors (Lipinski definition) is 1. The van der Waals surface area contributed by atoms with Gasteiger partial charge in [0.2, 0.25) is 0 Å². The summed E-state index contributed by atoms with van der Waals surface area (Å²) in [5, 5.41) is 2.91. The predicted octanol–water partition coefficient (Wildman–Crippen LogP) is 4.28. The average Bonchev–Trinajstić information content (AvgIpc) is 2.73. The standard InChI is InChI=1S/C23H20FNO3/c1-16(28-23(27)19-14-8-9-15-20(19)24)22(26)25-21(17-10-4-2-5-11-17)18-12-6-3-7-13-18/h2-16,21H,1H3,(H,25,26)/t16-/m0/s1. The molecule has 1 amide bonds. The highest BCUT2D eigenvalue weighted by Gasteiger charge is 2.24. The van der Waals surface area contributed by atoms with Gasteiger partial charge in [-0.15, -0.1) is 0 Å². The van der Waals surface area contributed by atoms with Crippen molar-refractivity contribution in [1.29, 1.82) is 0 Å². The summed E-state index contributed by atoms with van der Waals surface area (Å²) in [7, 11) is 0. The van der Waals surface area contributed by atoms with Gasteiger partial charge < -0.3 is 10.1 Å². The second kappa shape index (κ2) is 8.95. The molecule has 0 unspecified atom stereocenters. The topological polar surface area (TPSA) is 55.4 Å². The molecule has 1 N–H and O–H groups in total. The molecule has 0 aliphatic heterocycles. The van der Waals surface area contributed by atoms with E-state index in [1.54, 1.807) is 0 Å². The Morgan fingerprint density at radius 1 is 0.821 bits per heavy atom. The van der Waals surface area contributed by atoms with Gasteiger partial charge in [-0.3, -0.25) is 4.79 Å². The van der Waals surface area contributed by atoms with Crippen molar-refractivity contribution in [2.24, 2.45) is 0 Å². The first-order chi connectivity index (χ1) is 13.6. The number of ether oxygens (including phenoxy) is 1. The number of benzene rings is 3. The van der Waals surface area contributed by atoms with E-state index in [9.17, 15) is 14.0 Å². The maximum atomic E-state index is 13.7. The van der Waals surface area contributed by atoms with Crippen LogP contribution in [0.25, 0.3) is 0 Å². The van der Waals surface area contributed by atoms with Gasteiger partial charge in [-0.25, -0.2) is 9.18 Å². The Labute approximate surface area is 163 Å². The van der Waals surface area contributed by atoms with Crippen LogP contribution in [0.15, 0.2) is 84.9 Å². The third kappa shape index (κ3) is 4.62. The molecule has 0 bridgehead atoms. The molecular weight excluding hydrogens is 357 g/mol. The summed E-state index contributed by atoms with van der Waals surface area (Å²) >= 11 is 0. The van der Waals surface area contributed by atoms with E-state index >= 15 is 0 Å². The Morgan fingerprint density at radius 2 is 1.32 bits per heavy atom. The highest BCUT2D eigenvalue weighted by molar-refractivity contribution is 5.92. The van der Waals surface area contributed by atoms with Gasteiger partial charge in [0.25, 0.3) is 5.91 Å². The van der Waals surface area contributed by atoms with Crippen LogP contribution < -0.4 is 5.32 Å². The molecule has 3 aromatic carbocycles. The van der Waals surface area contributed by atoms with Crippen molar-refractivity contribution in [1.82, 2.24) is 5.32 Å². The van der Waals surface area contributed by atoms with Crippen LogP contribution >= 0.6 is 0 Å². The fraction of sp³-hybridized carbons (Fsp3) is 0.130. The summed E-state index contributed by atoms with van der Waals surface area (Å²) in [4.78, 5) is 24.8. The maximum Gasteiger partial charge on any atom is 0.341 e. The quantitative estimate of drug-likeness (QED) is 0.653. The Bertz CT molecular complexity index is 905. The smallest absolute Gasteiger partial charge is 0.341 e. The molecule has 0 saturated carbocycles.